The Hall–Kier alpha value is -2.66. The van der Waals surface area contributed by atoms with Crippen LogP contribution in [0.2, 0.25) is 5.02 Å². The molecule has 6 heteroatoms. The smallest absolute Gasteiger partial charge is 0.310 e. The molecule has 0 saturated heterocycles. The summed E-state index contributed by atoms with van der Waals surface area (Å²) in [5.41, 5.74) is 2.79. The molecule has 1 aromatic carbocycles. The van der Waals surface area contributed by atoms with Crippen LogP contribution in [0.3, 0.4) is 0 Å². The van der Waals surface area contributed by atoms with Crippen molar-refractivity contribution in [2.75, 3.05) is 0 Å². The van der Waals surface area contributed by atoms with Crippen molar-refractivity contribution in [2.45, 2.75) is 27.2 Å². The minimum atomic E-state index is -0.418. The first-order chi connectivity index (χ1) is 11.9. The number of hydrogen-bond acceptors (Lipinski definition) is 4. The van der Waals surface area contributed by atoms with Crippen LogP contribution in [0, 0.1) is 13.8 Å². The number of rotatable bonds is 4. The topological polar surface area (TPSA) is 72.1 Å². The van der Waals surface area contributed by atoms with E-state index in [2.05, 4.69) is 9.97 Å². The van der Waals surface area contributed by atoms with Crippen molar-refractivity contribution in [3.05, 3.63) is 58.0 Å². The predicted octanol–water partition coefficient (Wildman–Crippen LogP) is 4.38. The zero-order valence-corrected chi connectivity index (χ0v) is 14.9. The maximum absolute atomic E-state index is 13.0. The zero-order chi connectivity index (χ0) is 18.1. The van der Waals surface area contributed by atoms with E-state index < -0.39 is 5.97 Å². The summed E-state index contributed by atoms with van der Waals surface area (Å²) in [4.78, 5) is 32.1. The van der Waals surface area contributed by atoms with Crippen LogP contribution in [-0.4, -0.2) is 21.7 Å². The van der Waals surface area contributed by atoms with Crippen molar-refractivity contribution in [1.29, 1.82) is 0 Å². The van der Waals surface area contributed by atoms with Crippen LogP contribution in [0.1, 0.15) is 40.8 Å². The highest BCUT2D eigenvalue weighted by molar-refractivity contribution is 6.31. The van der Waals surface area contributed by atoms with E-state index in [4.69, 9.17) is 16.3 Å². The molecule has 0 aliphatic carbocycles. The minimum Gasteiger partial charge on any atom is -0.423 e. The number of nitrogens with one attached hydrogen (secondary N) is 1. The molecule has 0 saturated carbocycles. The highest BCUT2D eigenvalue weighted by Gasteiger charge is 2.23. The lowest BCUT2D eigenvalue weighted by atomic mass is 10.1. The van der Waals surface area contributed by atoms with Crippen LogP contribution in [0.4, 0.5) is 0 Å². The molecule has 2 aromatic heterocycles. The van der Waals surface area contributed by atoms with Gasteiger partial charge in [0.05, 0.1) is 5.52 Å². The monoisotopic (exact) mass is 356 g/mol. The fourth-order valence-electron chi connectivity index (χ4n) is 2.68. The molecule has 3 rings (SSSR count). The van der Waals surface area contributed by atoms with E-state index >= 15 is 0 Å². The van der Waals surface area contributed by atoms with Crippen molar-refractivity contribution in [2.24, 2.45) is 0 Å². The first-order valence-corrected chi connectivity index (χ1v) is 8.28. The largest absolute Gasteiger partial charge is 0.423 e. The molecule has 0 aliphatic rings. The number of H-pyrrole nitrogens is 1. The molecule has 1 N–H and O–H groups in total. The Morgan fingerprint density at radius 2 is 1.96 bits per heavy atom. The molecular formula is C19H17ClN2O3. The number of pyridine rings is 1. The average Bonchev–Trinajstić information content (AvgIpc) is 2.90. The third kappa shape index (κ3) is 3.42. The van der Waals surface area contributed by atoms with Crippen molar-refractivity contribution in [3.8, 4) is 5.75 Å². The van der Waals surface area contributed by atoms with Gasteiger partial charge < -0.3 is 9.72 Å². The molecule has 0 fully saturated rings. The van der Waals surface area contributed by atoms with Gasteiger partial charge in [0, 0.05) is 22.5 Å². The number of ketones is 1. The maximum Gasteiger partial charge on any atom is 0.310 e. The van der Waals surface area contributed by atoms with Gasteiger partial charge in [-0.3, -0.25) is 9.59 Å². The minimum absolute atomic E-state index is 0.191. The van der Waals surface area contributed by atoms with Gasteiger partial charge in [0.15, 0.2) is 5.75 Å². The van der Waals surface area contributed by atoms with Gasteiger partial charge in [-0.25, -0.2) is 4.98 Å². The van der Waals surface area contributed by atoms with E-state index in [1.807, 2.05) is 19.9 Å². The summed E-state index contributed by atoms with van der Waals surface area (Å²) in [6, 6.07) is 8.69. The van der Waals surface area contributed by atoms with Crippen LogP contribution >= 0.6 is 11.6 Å². The molecule has 0 bridgehead atoms. The van der Waals surface area contributed by atoms with Crippen LogP contribution in [0.25, 0.3) is 10.9 Å². The number of aryl methyl sites for hydroxylation is 2. The van der Waals surface area contributed by atoms with E-state index in [9.17, 15) is 9.59 Å². The number of esters is 1. The van der Waals surface area contributed by atoms with Crippen molar-refractivity contribution in [1.82, 2.24) is 9.97 Å². The van der Waals surface area contributed by atoms with Crippen LogP contribution < -0.4 is 4.74 Å². The molecule has 0 atom stereocenters. The summed E-state index contributed by atoms with van der Waals surface area (Å²) >= 11 is 6.03. The van der Waals surface area contributed by atoms with Crippen LogP contribution in [0.15, 0.2) is 30.3 Å². The summed E-state index contributed by atoms with van der Waals surface area (Å²) in [6.45, 7) is 5.42. The average molecular weight is 357 g/mol. The molecule has 0 amide bonds. The fourth-order valence-corrected chi connectivity index (χ4v) is 2.85. The number of aromatic nitrogens is 2. The van der Waals surface area contributed by atoms with Crippen LogP contribution in [0.5, 0.6) is 5.75 Å². The van der Waals surface area contributed by atoms with Gasteiger partial charge in [0.2, 0.25) is 5.78 Å². The number of halogens is 1. The zero-order valence-electron chi connectivity index (χ0n) is 14.1. The van der Waals surface area contributed by atoms with E-state index in [1.165, 1.54) is 0 Å². The number of carbonyl (C=O) groups excluding carboxylic acids is 2. The van der Waals surface area contributed by atoms with Crippen molar-refractivity contribution in [3.63, 3.8) is 0 Å². The number of hydrogen-bond donors (Lipinski definition) is 1. The van der Waals surface area contributed by atoms with Gasteiger partial charge in [-0.1, -0.05) is 18.5 Å². The number of aromatic amines is 1. The highest BCUT2D eigenvalue weighted by atomic mass is 35.5. The molecule has 0 radical (unpaired) electrons. The van der Waals surface area contributed by atoms with Gasteiger partial charge in [0.1, 0.15) is 11.4 Å². The SMILES string of the molecule is CCC(=O)Oc1c(C(=O)c2cc(C)cc(C)n2)[nH]c2cc(Cl)ccc12. The quantitative estimate of drug-likeness (QED) is 0.556. The molecule has 0 unspecified atom stereocenters. The molecule has 128 valence electrons. The Morgan fingerprint density at radius 3 is 2.64 bits per heavy atom. The summed E-state index contributed by atoms with van der Waals surface area (Å²) < 4.78 is 5.43. The number of carbonyl (C=O) groups is 2. The van der Waals surface area contributed by atoms with Gasteiger partial charge in [-0.05, 0) is 49.7 Å². The Kier molecular flexibility index (Phi) is 4.59. The van der Waals surface area contributed by atoms with Crippen molar-refractivity contribution >= 4 is 34.3 Å². The maximum atomic E-state index is 13.0. The lowest BCUT2D eigenvalue weighted by Gasteiger charge is -2.06. The highest BCUT2D eigenvalue weighted by Crippen LogP contribution is 2.33. The molecular weight excluding hydrogens is 340 g/mol. The summed E-state index contributed by atoms with van der Waals surface area (Å²) in [7, 11) is 0. The first-order valence-electron chi connectivity index (χ1n) is 7.91. The Bertz CT molecular complexity index is 971. The molecule has 2 heterocycles. The van der Waals surface area contributed by atoms with E-state index in [-0.39, 0.29) is 23.6 Å². The second-order valence-electron chi connectivity index (χ2n) is 5.85. The van der Waals surface area contributed by atoms with E-state index in [0.717, 1.165) is 11.3 Å². The summed E-state index contributed by atoms with van der Waals surface area (Å²) in [5, 5.41) is 1.14. The fraction of sp³-hybridized carbons (Fsp3) is 0.211. The summed E-state index contributed by atoms with van der Waals surface area (Å²) in [6.07, 6.45) is 0.204. The third-order valence-electron chi connectivity index (χ3n) is 3.77. The normalized spacial score (nSPS) is 10.9. The number of benzene rings is 1. The molecule has 0 aliphatic heterocycles. The summed E-state index contributed by atoms with van der Waals surface area (Å²) in [5.74, 6) is -0.541. The lowest BCUT2D eigenvalue weighted by Crippen LogP contribution is -2.11. The van der Waals surface area contributed by atoms with Gasteiger partial charge in [-0.15, -0.1) is 0 Å². The number of ether oxygens (including phenoxy) is 1. The molecule has 25 heavy (non-hydrogen) atoms. The van der Waals surface area contributed by atoms with Crippen molar-refractivity contribution < 1.29 is 14.3 Å². The standard InChI is InChI=1S/C19H17ClN2O3/c1-4-16(23)25-19-13-6-5-12(20)9-14(13)22-17(19)18(24)15-8-10(2)7-11(3)21-15/h5-9,22H,4H2,1-3H3. The van der Waals surface area contributed by atoms with E-state index in [0.29, 0.717) is 21.6 Å². The lowest BCUT2D eigenvalue weighted by molar-refractivity contribution is -0.133. The van der Waals surface area contributed by atoms with Gasteiger partial charge in [-0.2, -0.15) is 0 Å². The second-order valence-corrected chi connectivity index (χ2v) is 6.28. The second kappa shape index (κ2) is 6.69. The van der Waals surface area contributed by atoms with Gasteiger partial charge in [0.25, 0.3) is 0 Å². The third-order valence-corrected chi connectivity index (χ3v) is 4.01. The number of nitrogens with zero attached hydrogens (tertiary/aromatic N) is 1. The first kappa shape index (κ1) is 17.2. The number of fused-ring (bicyclic) bond motifs is 1. The van der Waals surface area contributed by atoms with Gasteiger partial charge >= 0.3 is 5.97 Å². The van der Waals surface area contributed by atoms with E-state index in [1.54, 1.807) is 31.2 Å². The Balaban J connectivity index is 2.17. The predicted molar refractivity (Wildman–Crippen MR) is 96.4 cm³/mol. The molecule has 3 aromatic rings. The molecule has 0 spiro atoms. The Morgan fingerprint density at radius 1 is 1.20 bits per heavy atom. The van der Waals surface area contributed by atoms with Crippen LogP contribution in [-0.2, 0) is 4.79 Å². The molecule has 5 nitrogen and oxygen atoms in total. The Labute approximate surface area is 150 Å².